The van der Waals surface area contributed by atoms with Crippen molar-refractivity contribution in [3.05, 3.63) is 151 Å². The molecule has 0 atom stereocenters. The summed E-state index contributed by atoms with van der Waals surface area (Å²) in [6, 6.07) is 16.2. The van der Waals surface area contributed by atoms with Gasteiger partial charge in [0.2, 0.25) is 0 Å². The zero-order valence-electron chi connectivity index (χ0n) is 34.8. The Morgan fingerprint density at radius 3 is 2.20 bits per heavy atom. The molecule has 4 nitrogen and oxygen atoms in total. The Morgan fingerprint density at radius 1 is 0.545 bits per heavy atom. The van der Waals surface area contributed by atoms with E-state index in [2.05, 4.69) is 0 Å². The van der Waals surface area contributed by atoms with Gasteiger partial charge < -0.3 is 8.98 Å². The van der Waals surface area contributed by atoms with Gasteiger partial charge in [-0.1, -0.05) is 96.9 Å². The fourth-order valence-corrected chi connectivity index (χ4v) is 5.67. The number of benzene rings is 6. The summed E-state index contributed by atoms with van der Waals surface area (Å²) in [5, 5.41) is 1.46. The molecule has 0 bridgehead atoms. The average molecular weight is 576 g/mol. The highest BCUT2D eigenvalue weighted by molar-refractivity contribution is 6.15. The van der Waals surface area contributed by atoms with Gasteiger partial charge in [-0.3, -0.25) is 0 Å². The maximum Gasteiger partial charge on any atom is 0.160 e. The molecule has 9 rings (SSSR count). The van der Waals surface area contributed by atoms with Crippen molar-refractivity contribution >= 4 is 43.7 Å². The second-order valence-corrected chi connectivity index (χ2v) is 10.1. The molecule has 9 aromatic rings. The molecule has 0 saturated carbocycles. The van der Waals surface area contributed by atoms with Crippen molar-refractivity contribution in [2.45, 2.75) is 0 Å². The first-order chi connectivity index (χ1) is 26.8. The van der Waals surface area contributed by atoms with Crippen molar-refractivity contribution in [2.75, 3.05) is 0 Å². The summed E-state index contributed by atoms with van der Waals surface area (Å²) < 4.78 is 113. The maximum absolute atomic E-state index is 9.33. The number of fused-ring (bicyclic) bond motifs is 6. The fraction of sp³-hybridized carbons (Fsp3) is 0. The van der Waals surface area contributed by atoms with Crippen LogP contribution < -0.4 is 0 Å². The molecular weight excluding hydrogens is 538 g/mol. The number of furan rings is 1. The molecule has 6 aromatic carbocycles. The minimum Gasteiger partial charge on any atom is -0.456 e. The number of aromatic nitrogens is 3. The van der Waals surface area contributed by atoms with Crippen LogP contribution in [-0.4, -0.2) is 14.5 Å². The summed E-state index contributed by atoms with van der Waals surface area (Å²) in [5.41, 5.74) is 2.01. The van der Waals surface area contributed by atoms with Gasteiger partial charge in [0.25, 0.3) is 0 Å². The van der Waals surface area contributed by atoms with Gasteiger partial charge >= 0.3 is 0 Å². The molecular formula is C40H25N3O. The Hall–Kier alpha value is -6.00. The Labute approximate surface area is 270 Å². The quantitative estimate of drug-likeness (QED) is 0.210. The molecule has 206 valence electrons. The van der Waals surface area contributed by atoms with Crippen LogP contribution >= 0.6 is 0 Å². The summed E-state index contributed by atoms with van der Waals surface area (Å²) in [6.07, 6.45) is 0. The van der Waals surface area contributed by atoms with Crippen LogP contribution in [0.1, 0.15) is 16.4 Å². The minimum absolute atomic E-state index is 0.0715. The lowest BCUT2D eigenvalue weighted by Gasteiger charge is -2.11. The molecule has 4 heteroatoms. The van der Waals surface area contributed by atoms with Crippen LogP contribution in [-0.2, 0) is 0 Å². The third kappa shape index (κ3) is 3.85. The van der Waals surface area contributed by atoms with E-state index >= 15 is 0 Å². The number of nitrogens with zero attached hydrogens (tertiary/aromatic N) is 3. The number of rotatable bonds is 4. The molecule has 3 aromatic heterocycles. The standard InChI is InChI=1S/C40H25N3O/c1-3-12-26(13-4-1)40-41-33(27-22-23-38-32(24-27)29-16-8-10-21-37(29)44-38)25-34(42-40)30-18-11-20-36-39(30)31-17-7-9-19-35(31)43(36)28-14-5-2-6-15-28/h1-25H/i2D,5D,6D,7D,9D,11D,14D,15D,17D,18D,19D,20D. The molecule has 0 radical (unpaired) electrons. The van der Waals surface area contributed by atoms with E-state index in [0.717, 1.165) is 15.3 Å². The first-order valence-electron chi connectivity index (χ1n) is 19.8. The molecule has 0 amide bonds. The number of para-hydroxylation sites is 3. The highest BCUT2D eigenvalue weighted by atomic mass is 16.3. The molecule has 0 spiro atoms. The van der Waals surface area contributed by atoms with Crippen LogP contribution in [0, 0.1) is 0 Å². The first kappa shape index (κ1) is 15.5. The van der Waals surface area contributed by atoms with Crippen LogP contribution in [0.15, 0.2) is 156 Å². The molecule has 0 unspecified atom stereocenters. The van der Waals surface area contributed by atoms with Crippen LogP contribution in [0.5, 0.6) is 0 Å². The Kier molecular flexibility index (Phi) is 3.44. The SMILES string of the molecule is [2H]c1c([2H])c([2H])c(-n2c3c([2H])c([2H])c([2H])c([2H])c3c3c(-c4cc(-c5ccc6oc7ccccc7c6c5)nc(-c5ccccc5)n4)c([2H])c([2H])c([2H])c32)c([2H])c1[2H]. The van der Waals surface area contributed by atoms with Gasteiger partial charge in [-0.15, -0.1) is 0 Å². The van der Waals surface area contributed by atoms with E-state index in [9.17, 15) is 2.74 Å². The van der Waals surface area contributed by atoms with Gasteiger partial charge in [-0.2, -0.15) is 0 Å². The molecule has 44 heavy (non-hydrogen) atoms. The van der Waals surface area contributed by atoms with E-state index in [1.54, 1.807) is 18.2 Å². The van der Waals surface area contributed by atoms with Crippen LogP contribution in [0.3, 0.4) is 0 Å². The second-order valence-electron chi connectivity index (χ2n) is 10.1. The molecule has 0 fully saturated rings. The number of hydrogen-bond acceptors (Lipinski definition) is 3. The Morgan fingerprint density at radius 2 is 1.30 bits per heavy atom. The smallest absolute Gasteiger partial charge is 0.160 e. The van der Waals surface area contributed by atoms with Crippen molar-refractivity contribution in [2.24, 2.45) is 0 Å². The highest BCUT2D eigenvalue weighted by Crippen LogP contribution is 2.40. The van der Waals surface area contributed by atoms with Gasteiger partial charge in [0.15, 0.2) is 5.82 Å². The van der Waals surface area contributed by atoms with Gasteiger partial charge in [-0.05, 0) is 54.5 Å². The third-order valence-electron chi connectivity index (χ3n) is 7.62. The average Bonchev–Trinajstić information content (AvgIpc) is 3.76. The number of hydrogen-bond donors (Lipinski definition) is 0. The summed E-state index contributed by atoms with van der Waals surface area (Å²) in [4.78, 5) is 9.81. The predicted molar refractivity (Wildman–Crippen MR) is 180 cm³/mol. The van der Waals surface area contributed by atoms with E-state index in [0.29, 0.717) is 28.0 Å². The normalized spacial score (nSPS) is 15.5. The fourth-order valence-electron chi connectivity index (χ4n) is 5.67. The van der Waals surface area contributed by atoms with Crippen LogP contribution in [0.4, 0.5) is 0 Å². The Bertz CT molecular complexity index is 3150. The first-order valence-corrected chi connectivity index (χ1v) is 13.8. The van der Waals surface area contributed by atoms with Gasteiger partial charge in [0.05, 0.1) is 38.9 Å². The largest absolute Gasteiger partial charge is 0.456 e. The second kappa shape index (κ2) is 9.79. The van der Waals surface area contributed by atoms with Crippen molar-refractivity contribution < 1.29 is 20.9 Å². The van der Waals surface area contributed by atoms with Crippen molar-refractivity contribution in [3.8, 4) is 39.6 Å². The van der Waals surface area contributed by atoms with E-state index in [1.165, 1.54) is 0 Å². The monoisotopic (exact) mass is 575 g/mol. The zero-order chi connectivity index (χ0) is 39.5. The van der Waals surface area contributed by atoms with Crippen molar-refractivity contribution in [1.82, 2.24) is 14.5 Å². The summed E-state index contributed by atoms with van der Waals surface area (Å²) in [6.45, 7) is 0. The topological polar surface area (TPSA) is 43.9 Å². The predicted octanol–water partition coefficient (Wildman–Crippen LogP) is 10.5. The molecule has 0 aliphatic heterocycles. The minimum atomic E-state index is -0.706. The van der Waals surface area contributed by atoms with Gasteiger partial charge in [-0.25, -0.2) is 9.97 Å². The summed E-state index contributed by atoms with van der Waals surface area (Å²) in [5.74, 6) is 0.237. The van der Waals surface area contributed by atoms with Crippen molar-refractivity contribution in [1.29, 1.82) is 0 Å². The van der Waals surface area contributed by atoms with E-state index in [4.69, 9.17) is 28.1 Å². The van der Waals surface area contributed by atoms with E-state index in [1.807, 2.05) is 60.7 Å². The van der Waals surface area contributed by atoms with Gasteiger partial charge in [0.1, 0.15) is 11.2 Å². The molecule has 3 heterocycles. The third-order valence-corrected chi connectivity index (χ3v) is 7.62. The molecule has 0 aliphatic rings. The summed E-state index contributed by atoms with van der Waals surface area (Å²) in [7, 11) is 0. The molecule has 0 N–H and O–H groups in total. The van der Waals surface area contributed by atoms with Crippen LogP contribution in [0.25, 0.3) is 83.3 Å². The van der Waals surface area contributed by atoms with Crippen molar-refractivity contribution in [3.63, 3.8) is 0 Å². The molecule has 0 aliphatic carbocycles. The highest BCUT2D eigenvalue weighted by Gasteiger charge is 2.19. The summed E-state index contributed by atoms with van der Waals surface area (Å²) >= 11 is 0. The lowest BCUT2D eigenvalue weighted by atomic mass is 10.0. The Balaban J connectivity index is 1.47. The van der Waals surface area contributed by atoms with E-state index in [-0.39, 0.29) is 38.9 Å². The maximum atomic E-state index is 9.33. The van der Waals surface area contributed by atoms with Gasteiger partial charge in [0, 0.05) is 43.9 Å². The lowest BCUT2D eigenvalue weighted by molar-refractivity contribution is 0.669. The van der Waals surface area contributed by atoms with E-state index < -0.39 is 78.2 Å². The van der Waals surface area contributed by atoms with Crippen LogP contribution in [0.2, 0.25) is 0 Å². The zero-order valence-corrected chi connectivity index (χ0v) is 22.8. The lowest BCUT2D eigenvalue weighted by Crippen LogP contribution is -1.96. The molecule has 0 saturated heterocycles.